The summed E-state index contributed by atoms with van der Waals surface area (Å²) in [6, 6.07) is 0. The Kier molecular flexibility index (Phi) is 3.56. The van der Waals surface area contributed by atoms with Crippen LogP contribution in [0.25, 0.3) is 0 Å². The molecule has 0 unspecified atom stereocenters. The van der Waals surface area contributed by atoms with Crippen LogP contribution in [0.5, 0.6) is 0 Å². The number of halogens is 3. The van der Waals surface area contributed by atoms with Crippen LogP contribution in [0.15, 0.2) is 6.20 Å². The summed E-state index contributed by atoms with van der Waals surface area (Å²) < 4.78 is 34.5. The fourth-order valence-corrected chi connectivity index (χ4v) is 0.338. The van der Waals surface area contributed by atoms with Crippen molar-refractivity contribution in [3.05, 3.63) is 11.9 Å². The molecule has 1 rings (SSSR count). The fourth-order valence-electron chi connectivity index (χ4n) is 0.338. The first-order valence-electron chi connectivity index (χ1n) is 3.03. The molecule has 0 aliphatic rings. The van der Waals surface area contributed by atoms with Crippen molar-refractivity contribution in [1.29, 1.82) is 0 Å². The molecule has 0 bridgehead atoms. The Morgan fingerprint density at radius 3 is 2.09 bits per heavy atom. The number of hydrogen-bond donors (Lipinski definition) is 1. The van der Waals surface area contributed by atoms with Gasteiger partial charge in [0.25, 0.3) is 0 Å². The monoisotopic (exact) mass is 167 g/mol. The zero-order valence-corrected chi connectivity index (χ0v) is 6.11. The lowest BCUT2D eigenvalue weighted by molar-refractivity contribution is -0.141. The summed E-state index contributed by atoms with van der Waals surface area (Å²) in [6.45, 7) is 4.00. The maximum atomic E-state index is 11.5. The molecule has 0 fully saturated rings. The SMILES string of the molecule is CC.FC(F)(F)c1cn[nH]n1. The van der Waals surface area contributed by atoms with E-state index in [-0.39, 0.29) is 0 Å². The maximum Gasteiger partial charge on any atom is 0.436 e. The van der Waals surface area contributed by atoms with Crippen molar-refractivity contribution >= 4 is 0 Å². The van der Waals surface area contributed by atoms with E-state index in [1.165, 1.54) is 0 Å². The summed E-state index contributed by atoms with van der Waals surface area (Å²) in [5, 5.41) is 7.68. The summed E-state index contributed by atoms with van der Waals surface area (Å²) in [4.78, 5) is 0. The number of nitrogens with one attached hydrogen (secondary N) is 1. The Morgan fingerprint density at radius 2 is 1.91 bits per heavy atom. The smallest absolute Gasteiger partial charge is 0.197 e. The van der Waals surface area contributed by atoms with Crippen LogP contribution in [0, 0.1) is 0 Å². The van der Waals surface area contributed by atoms with Crippen molar-refractivity contribution in [2.45, 2.75) is 20.0 Å². The Morgan fingerprint density at radius 1 is 1.36 bits per heavy atom. The molecule has 0 radical (unpaired) electrons. The summed E-state index contributed by atoms with van der Waals surface area (Å²) in [5.74, 6) is 0. The molecule has 11 heavy (non-hydrogen) atoms. The van der Waals surface area contributed by atoms with Crippen LogP contribution < -0.4 is 0 Å². The zero-order valence-electron chi connectivity index (χ0n) is 6.11. The molecule has 0 aromatic carbocycles. The van der Waals surface area contributed by atoms with Crippen molar-refractivity contribution in [3.8, 4) is 0 Å². The first kappa shape index (κ1) is 9.93. The second-order valence-electron chi connectivity index (χ2n) is 1.35. The maximum absolute atomic E-state index is 11.5. The molecule has 0 aliphatic heterocycles. The molecule has 0 atom stereocenters. The molecule has 1 N–H and O–H groups in total. The van der Waals surface area contributed by atoms with Crippen LogP contribution in [-0.4, -0.2) is 15.4 Å². The van der Waals surface area contributed by atoms with Crippen molar-refractivity contribution in [3.63, 3.8) is 0 Å². The third-order valence-electron chi connectivity index (χ3n) is 0.705. The Bertz CT molecular complexity index is 179. The van der Waals surface area contributed by atoms with Crippen molar-refractivity contribution in [1.82, 2.24) is 15.4 Å². The number of nitrogens with zero attached hydrogens (tertiary/aromatic N) is 2. The molecular formula is C5H8F3N3. The quantitative estimate of drug-likeness (QED) is 0.640. The van der Waals surface area contributed by atoms with Crippen LogP contribution in [-0.2, 0) is 6.18 Å². The standard InChI is InChI=1S/C3H2F3N3.C2H6/c4-3(5,6)2-1-7-9-8-2;1-2/h1H,(H,7,8,9);1-2H3. The summed E-state index contributed by atoms with van der Waals surface area (Å²) in [5.41, 5.74) is -0.998. The highest BCUT2D eigenvalue weighted by Crippen LogP contribution is 2.25. The van der Waals surface area contributed by atoms with E-state index in [1.54, 1.807) is 0 Å². The average Bonchev–Trinajstić information content (AvgIpc) is 2.40. The zero-order chi connectivity index (χ0) is 8.91. The van der Waals surface area contributed by atoms with Gasteiger partial charge in [0.1, 0.15) is 0 Å². The number of H-pyrrole nitrogens is 1. The third-order valence-corrected chi connectivity index (χ3v) is 0.705. The van der Waals surface area contributed by atoms with Gasteiger partial charge < -0.3 is 0 Å². The molecule has 1 aromatic heterocycles. The van der Waals surface area contributed by atoms with Crippen LogP contribution in [0.3, 0.4) is 0 Å². The van der Waals surface area contributed by atoms with E-state index in [0.717, 1.165) is 0 Å². The number of hydrogen-bond acceptors (Lipinski definition) is 2. The second kappa shape index (κ2) is 3.95. The predicted octanol–water partition coefficient (Wildman–Crippen LogP) is 1.85. The molecule has 3 nitrogen and oxygen atoms in total. The molecule has 0 aliphatic carbocycles. The van der Waals surface area contributed by atoms with Gasteiger partial charge in [0.2, 0.25) is 0 Å². The van der Waals surface area contributed by atoms with Gasteiger partial charge in [-0.15, -0.1) is 0 Å². The molecular weight excluding hydrogens is 159 g/mol. The van der Waals surface area contributed by atoms with E-state index in [0.29, 0.717) is 6.20 Å². The molecule has 1 aromatic rings. The normalized spacial score (nSPS) is 10.3. The van der Waals surface area contributed by atoms with Gasteiger partial charge in [-0.3, -0.25) is 0 Å². The van der Waals surface area contributed by atoms with Gasteiger partial charge in [0, 0.05) is 0 Å². The Balaban J connectivity index is 0.000000461. The van der Waals surface area contributed by atoms with Crippen molar-refractivity contribution < 1.29 is 13.2 Å². The number of alkyl halides is 3. The summed E-state index contributed by atoms with van der Waals surface area (Å²) in [7, 11) is 0. The average molecular weight is 167 g/mol. The molecule has 1 heterocycles. The second-order valence-corrected chi connectivity index (χ2v) is 1.35. The lowest BCUT2D eigenvalue weighted by Gasteiger charge is -1.97. The lowest BCUT2D eigenvalue weighted by atomic mass is 10.5. The minimum Gasteiger partial charge on any atom is -0.197 e. The van der Waals surface area contributed by atoms with Gasteiger partial charge in [-0.25, -0.2) is 0 Å². The minimum atomic E-state index is -4.38. The topological polar surface area (TPSA) is 41.6 Å². The van der Waals surface area contributed by atoms with Gasteiger partial charge in [-0.05, 0) is 0 Å². The van der Waals surface area contributed by atoms with Crippen molar-refractivity contribution in [2.75, 3.05) is 0 Å². The highest BCUT2D eigenvalue weighted by molar-refractivity contribution is 4.95. The highest BCUT2D eigenvalue weighted by Gasteiger charge is 2.33. The number of aromatic nitrogens is 3. The first-order valence-corrected chi connectivity index (χ1v) is 3.03. The first-order chi connectivity index (χ1) is 5.11. The Labute approximate surface area is 61.6 Å². The van der Waals surface area contributed by atoms with Crippen LogP contribution in [0.4, 0.5) is 13.2 Å². The van der Waals surface area contributed by atoms with E-state index in [4.69, 9.17) is 0 Å². The molecule has 0 saturated carbocycles. The summed E-state index contributed by atoms with van der Waals surface area (Å²) in [6.07, 6.45) is -3.76. The van der Waals surface area contributed by atoms with E-state index in [9.17, 15) is 13.2 Å². The van der Waals surface area contributed by atoms with Crippen molar-refractivity contribution in [2.24, 2.45) is 0 Å². The van der Waals surface area contributed by atoms with Crippen LogP contribution in [0.2, 0.25) is 0 Å². The lowest BCUT2D eigenvalue weighted by Crippen LogP contribution is -2.04. The van der Waals surface area contributed by atoms with Gasteiger partial charge in [0.05, 0.1) is 6.20 Å². The molecule has 64 valence electrons. The van der Waals surface area contributed by atoms with Gasteiger partial charge in [-0.1, -0.05) is 13.8 Å². The molecule has 0 saturated heterocycles. The molecule has 0 spiro atoms. The molecule has 0 amide bonds. The Hall–Kier alpha value is -1.07. The highest BCUT2D eigenvalue weighted by atomic mass is 19.4. The molecule has 6 heteroatoms. The van der Waals surface area contributed by atoms with Crippen LogP contribution in [0.1, 0.15) is 19.5 Å². The van der Waals surface area contributed by atoms with Gasteiger partial charge in [-0.2, -0.15) is 28.6 Å². The van der Waals surface area contributed by atoms with E-state index in [2.05, 4.69) is 10.2 Å². The van der Waals surface area contributed by atoms with Crippen LogP contribution >= 0.6 is 0 Å². The largest absolute Gasteiger partial charge is 0.436 e. The predicted molar refractivity (Wildman–Crippen MR) is 32.7 cm³/mol. The van der Waals surface area contributed by atoms with Gasteiger partial charge in [0.15, 0.2) is 5.69 Å². The minimum absolute atomic E-state index is 0.625. The summed E-state index contributed by atoms with van der Waals surface area (Å²) >= 11 is 0. The van der Waals surface area contributed by atoms with E-state index in [1.807, 2.05) is 19.1 Å². The van der Waals surface area contributed by atoms with Gasteiger partial charge >= 0.3 is 6.18 Å². The van der Waals surface area contributed by atoms with E-state index >= 15 is 0 Å². The number of rotatable bonds is 0. The van der Waals surface area contributed by atoms with E-state index < -0.39 is 11.9 Å². The third kappa shape index (κ3) is 3.01. The number of aromatic amines is 1. The fraction of sp³-hybridized carbons (Fsp3) is 0.600.